The Balaban J connectivity index is 1.98. The van der Waals surface area contributed by atoms with Gasteiger partial charge in [-0.2, -0.15) is 0 Å². The number of carboxylic acid groups (broad SMARTS) is 1. The van der Waals surface area contributed by atoms with E-state index >= 15 is 0 Å². The summed E-state index contributed by atoms with van der Waals surface area (Å²) in [7, 11) is 3.09. The van der Waals surface area contributed by atoms with E-state index in [-0.39, 0.29) is 18.8 Å². The molecule has 2 aromatic carbocycles. The van der Waals surface area contributed by atoms with Crippen LogP contribution in [0.2, 0.25) is 0 Å². The average molecular weight is 318 g/mol. The second kappa shape index (κ2) is 7.93. The molecular weight excluding hydrogens is 300 g/mol. The zero-order chi connectivity index (χ0) is 16.7. The number of rotatable bonds is 8. The van der Waals surface area contributed by atoms with Gasteiger partial charge in [-0.25, -0.2) is 4.79 Å². The highest BCUT2D eigenvalue weighted by molar-refractivity contribution is 5.90. The summed E-state index contributed by atoms with van der Waals surface area (Å²) in [6, 6.07) is 11.8. The van der Waals surface area contributed by atoms with E-state index in [0.717, 1.165) is 0 Å². The third-order valence-corrected chi connectivity index (χ3v) is 3.09. The van der Waals surface area contributed by atoms with Crippen LogP contribution in [0.1, 0.15) is 10.4 Å². The molecule has 0 aliphatic heterocycles. The molecule has 1 N–H and O–H groups in total. The first-order chi connectivity index (χ1) is 11.2. The van der Waals surface area contributed by atoms with E-state index in [2.05, 4.69) is 0 Å². The van der Waals surface area contributed by atoms with Gasteiger partial charge in [-0.05, 0) is 24.3 Å². The molecule has 0 amide bonds. The Kier molecular flexibility index (Phi) is 5.68. The van der Waals surface area contributed by atoms with Crippen molar-refractivity contribution in [2.45, 2.75) is 0 Å². The van der Waals surface area contributed by atoms with Crippen LogP contribution in [-0.2, 0) is 0 Å². The highest BCUT2D eigenvalue weighted by Gasteiger charge is 2.12. The molecule has 0 aromatic heterocycles. The maximum absolute atomic E-state index is 11.1. The van der Waals surface area contributed by atoms with E-state index in [1.165, 1.54) is 6.07 Å². The predicted molar refractivity (Wildman–Crippen MR) is 83.9 cm³/mol. The Hall–Kier alpha value is -2.89. The Morgan fingerprint density at radius 2 is 1.43 bits per heavy atom. The fourth-order valence-electron chi connectivity index (χ4n) is 2.02. The number of carbonyl (C=O) groups is 1. The average Bonchev–Trinajstić information content (AvgIpc) is 2.58. The van der Waals surface area contributed by atoms with Gasteiger partial charge in [0.05, 0.1) is 14.2 Å². The maximum Gasteiger partial charge on any atom is 0.339 e. The van der Waals surface area contributed by atoms with Crippen molar-refractivity contribution in [2.24, 2.45) is 0 Å². The molecule has 0 aliphatic carbocycles. The van der Waals surface area contributed by atoms with Crippen LogP contribution < -0.4 is 18.9 Å². The maximum atomic E-state index is 11.1. The number of hydrogen-bond donors (Lipinski definition) is 1. The highest BCUT2D eigenvalue weighted by Crippen LogP contribution is 2.36. The van der Waals surface area contributed by atoms with E-state index in [9.17, 15) is 4.79 Å². The summed E-state index contributed by atoms with van der Waals surface area (Å²) in [5.41, 5.74) is 0.113. The van der Waals surface area contributed by atoms with E-state index < -0.39 is 5.97 Å². The van der Waals surface area contributed by atoms with Gasteiger partial charge in [0.15, 0.2) is 11.5 Å². The lowest BCUT2D eigenvalue weighted by Gasteiger charge is -2.14. The quantitative estimate of drug-likeness (QED) is 0.754. The van der Waals surface area contributed by atoms with E-state index in [1.807, 2.05) is 0 Å². The van der Waals surface area contributed by atoms with Gasteiger partial charge in [0.2, 0.25) is 5.75 Å². The first-order valence-corrected chi connectivity index (χ1v) is 6.96. The fourth-order valence-corrected chi connectivity index (χ4v) is 2.02. The third kappa shape index (κ3) is 4.06. The van der Waals surface area contributed by atoms with Crippen LogP contribution in [0.5, 0.6) is 23.0 Å². The van der Waals surface area contributed by atoms with Crippen LogP contribution in [-0.4, -0.2) is 38.5 Å². The van der Waals surface area contributed by atoms with Gasteiger partial charge in [0.25, 0.3) is 0 Å². The minimum absolute atomic E-state index is 0.113. The largest absolute Gasteiger partial charge is 0.493 e. The summed E-state index contributed by atoms with van der Waals surface area (Å²) in [4.78, 5) is 11.1. The molecule has 2 aromatic rings. The minimum atomic E-state index is -1.03. The Morgan fingerprint density at radius 1 is 0.870 bits per heavy atom. The zero-order valence-corrected chi connectivity index (χ0v) is 12.9. The van der Waals surface area contributed by atoms with Crippen molar-refractivity contribution in [1.29, 1.82) is 0 Å². The third-order valence-electron chi connectivity index (χ3n) is 3.09. The van der Waals surface area contributed by atoms with Crippen LogP contribution in [0.25, 0.3) is 0 Å². The summed E-state index contributed by atoms with van der Waals surface area (Å²) < 4.78 is 21.6. The van der Waals surface area contributed by atoms with Crippen LogP contribution >= 0.6 is 0 Å². The van der Waals surface area contributed by atoms with Gasteiger partial charge in [-0.15, -0.1) is 0 Å². The second-order valence-electron chi connectivity index (χ2n) is 4.49. The number of carboxylic acids is 1. The molecule has 2 rings (SSSR count). The Morgan fingerprint density at radius 3 is 2.04 bits per heavy atom. The minimum Gasteiger partial charge on any atom is -0.493 e. The molecule has 6 nitrogen and oxygen atoms in total. The molecule has 0 atom stereocenters. The number of hydrogen-bond acceptors (Lipinski definition) is 5. The Labute approximate surface area is 134 Å². The van der Waals surface area contributed by atoms with Gasteiger partial charge in [-0.3, -0.25) is 0 Å². The molecule has 23 heavy (non-hydrogen) atoms. The first-order valence-electron chi connectivity index (χ1n) is 6.96. The summed E-state index contributed by atoms with van der Waals surface area (Å²) in [6.45, 7) is 0.399. The lowest BCUT2D eigenvalue weighted by Crippen LogP contribution is -2.12. The highest BCUT2D eigenvalue weighted by atomic mass is 16.6. The molecule has 0 heterocycles. The smallest absolute Gasteiger partial charge is 0.339 e. The van der Waals surface area contributed by atoms with Gasteiger partial charge >= 0.3 is 5.97 Å². The summed E-state index contributed by atoms with van der Waals surface area (Å²) in [5.74, 6) is 0.849. The molecule has 0 bridgehead atoms. The van der Waals surface area contributed by atoms with Crippen molar-refractivity contribution in [3.05, 3.63) is 48.0 Å². The summed E-state index contributed by atoms with van der Waals surface area (Å²) in [6.07, 6.45) is 0. The SMILES string of the molecule is COc1cccc(OC)c1OCCOc1ccccc1C(=O)O. The van der Waals surface area contributed by atoms with E-state index in [4.69, 9.17) is 24.1 Å². The standard InChI is InChI=1S/C17H18O6/c1-20-14-8-5-9-15(21-2)16(14)23-11-10-22-13-7-4-3-6-12(13)17(18)19/h3-9H,10-11H2,1-2H3,(H,18,19). The molecule has 0 saturated carbocycles. The zero-order valence-electron chi connectivity index (χ0n) is 12.9. The van der Waals surface area contributed by atoms with Gasteiger partial charge in [-0.1, -0.05) is 18.2 Å². The molecule has 6 heteroatoms. The summed E-state index contributed by atoms with van der Waals surface area (Å²) >= 11 is 0. The van der Waals surface area contributed by atoms with Crippen LogP contribution in [0.15, 0.2) is 42.5 Å². The fraction of sp³-hybridized carbons (Fsp3) is 0.235. The number of aromatic carboxylic acids is 1. The molecule has 122 valence electrons. The van der Waals surface area contributed by atoms with Gasteiger partial charge < -0.3 is 24.1 Å². The number of ether oxygens (including phenoxy) is 4. The van der Waals surface area contributed by atoms with Gasteiger partial charge in [0, 0.05) is 0 Å². The summed E-state index contributed by atoms with van der Waals surface area (Å²) in [5, 5.41) is 9.09. The molecule has 0 spiro atoms. The molecule has 0 saturated heterocycles. The van der Waals surface area contributed by atoms with Crippen molar-refractivity contribution in [1.82, 2.24) is 0 Å². The monoisotopic (exact) mass is 318 g/mol. The predicted octanol–water partition coefficient (Wildman–Crippen LogP) is 2.86. The second-order valence-corrected chi connectivity index (χ2v) is 4.49. The van der Waals surface area contributed by atoms with Crippen LogP contribution in [0, 0.1) is 0 Å². The molecular formula is C17H18O6. The van der Waals surface area contributed by atoms with Crippen molar-refractivity contribution in [2.75, 3.05) is 27.4 Å². The van der Waals surface area contributed by atoms with Crippen molar-refractivity contribution >= 4 is 5.97 Å². The molecule has 0 aliphatic rings. The lowest BCUT2D eigenvalue weighted by molar-refractivity contribution is 0.0691. The molecule has 0 unspecified atom stereocenters. The first kappa shape index (κ1) is 16.5. The van der Waals surface area contributed by atoms with Crippen molar-refractivity contribution in [3.63, 3.8) is 0 Å². The lowest BCUT2D eigenvalue weighted by atomic mass is 10.2. The molecule has 0 fully saturated rings. The van der Waals surface area contributed by atoms with E-state index in [0.29, 0.717) is 23.0 Å². The van der Waals surface area contributed by atoms with Crippen molar-refractivity contribution < 1.29 is 28.8 Å². The number of methoxy groups -OCH3 is 2. The van der Waals surface area contributed by atoms with Crippen LogP contribution in [0.4, 0.5) is 0 Å². The van der Waals surface area contributed by atoms with E-state index in [1.54, 1.807) is 50.6 Å². The van der Waals surface area contributed by atoms with Gasteiger partial charge in [0.1, 0.15) is 24.5 Å². The number of benzene rings is 2. The van der Waals surface area contributed by atoms with Crippen LogP contribution in [0.3, 0.4) is 0 Å². The topological polar surface area (TPSA) is 74.2 Å². The van der Waals surface area contributed by atoms with Crippen molar-refractivity contribution in [3.8, 4) is 23.0 Å². The molecule has 0 radical (unpaired) electrons. The normalized spacial score (nSPS) is 10.0. The number of para-hydroxylation sites is 2. The Bertz CT molecular complexity index is 646.